The van der Waals surface area contributed by atoms with Crippen molar-refractivity contribution in [2.75, 3.05) is 18.0 Å². The maximum absolute atomic E-state index is 4.72. The Balaban J connectivity index is 3.13. The Bertz CT molecular complexity index is 322. The fourth-order valence-electron chi connectivity index (χ4n) is 1.84. The number of rotatable bonds is 5. The lowest BCUT2D eigenvalue weighted by atomic mass is 10.1. The second-order valence-corrected chi connectivity index (χ2v) is 4.81. The molecule has 3 heteroatoms. The second-order valence-electron chi connectivity index (χ2n) is 4.81. The lowest BCUT2D eigenvalue weighted by Crippen LogP contribution is -2.23. The van der Waals surface area contributed by atoms with Gasteiger partial charge in [0.15, 0.2) is 5.82 Å². The van der Waals surface area contributed by atoms with Crippen molar-refractivity contribution in [1.82, 2.24) is 9.78 Å². The third-order valence-corrected chi connectivity index (χ3v) is 2.95. The third kappa shape index (κ3) is 2.57. The molecule has 0 fully saturated rings. The molecule has 0 aromatic carbocycles. The molecule has 0 saturated heterocycles. The van der Waals surface area contributed by atoms with E-state index >= 15 is 0 Å². The van der Waals surface area contributed by atoms with E-state index in [-0.39, 0.29) is 0 Å². The van der Waals surface area contributed by atoms with E-state index < -0.39 is 0 Å². The first-order valence-corrected chi connectivity index (χ1v) is 6.35. The smallest absolute Gasteiger partial charge is 0.154 e. The summed E-state index contributed by atoms with van der Waals surface area (Å²) in [5.74, 6) is 1.69. The van der Waals surface area contributed by atoms with E-state index in [0.717, 1.165) is 18.9 Å². The molecule has 0 saturated carbocycles. The highest BCUT2D eigenvalue weighted by atomic mass is 15.4. The van der Waals surface area contributed by atoms with Gasteiger partial charge in [0.25, 0.3) is 0 Å². The zero-order chi connectivity index (χ0) is 12.3. The molecule has 1 rings (SSSR count). The summed E-state index contributed by atoms with van der Waals surface area (Å²) < 4.78 is 2.07. The van der Waals surface area contributed by atoms with Gasteiger partial charge < -0.3 is 4.90 Å². The van der Waals surface area contributed by atoms with Crippen molar-refractivity contribution in [2.24, 2.45) is 0 Å². The van der Waals surface area contributed by atoms with Crippen LogP contribution in [0.2, 0.25) is 0 Å². The molecule has 0 spiro atoms. The number of anilines is 1. The van der Waals surface area contributed by atoms with Crippen molar-refractivity contribution in [1.29, 1.82) is 0 Å². The molecule has 1 heterocycles. The summed E-state index contributed by atoms with van der Waals surface area (Å²) in [4.78, 5) is 2.33. The van der Waals surface area contributed by atoms with Gasteiger partial charge >= 0.3 is 0 Å². The standard InChI is InChI=1S/C13H25N3/c1-7-15(8-2)13-12(10(3)4)9-16(14-13)11(5)6/h9-11H,7-8H2,1-6H3. The third-order valence-electron chi connectivity index (χ3n) is 2.95. The Labute approximate surface area is 99.4 Å². The fourth-order valence-corrected chi connectivity index (χ4v) is 1.84. The van der Waals surface area contributed by atoms with Crippen LogP contribution in [-0.4, -0.2) is 22.9 Å². The van der Waals surface area contributed by atoms with Crippen LogP contribution in [0.4, 0.5) is 5.82 Å². The Kier molecular flexibility index (Phi) is 4.39. The van der Waals surface area contributed by atoms with Crippen LogP contribution in [0.1, 0.15) is 59.1 Å². The van der Waals surface area contributed by atoms with Gasteiger partial charge in [-0.05, 0) is 33.6 Å². The summed E-state index contributed by atoms with van der Waals surface area (Å²) in [7, 11) is 0. The number of nitrogens with zero attached hydrogens (tertiary/aromatic N) is 3. The van der Waals surface area contributed by atoms with Crippen LogP contribution < -0.4 is 4.90 Å². The molecule has 1 aromatic rings. The predicted octanol–water partition coefficient (Wildman–Crippen LogP) is 3.43. The Morgan fingerprint density at radius 2 is 1.75 bits per heavy atom. The predicted molar refractivity (Wildman–Crippen MR) is 70.3 cm³/mol. The van der Waals surface area contributed by atoms with Gasteiger partial charge in [0.05, 0.1) is 0 Å². The van der Waals surface area contributed by atoms with Crippen molar-refractivity contribution in [3.8, 4) is 0 Å². The van der Waals surface area contributed by atoms with E-state index in [4.69, 9.17) is 5.10 Å². The van der Waals surface area contributed by atoms with Crippen LogP contribution in [-0.2, 0) is 0 Å². The van der Waals surface area contributed by atoms with Crippen LogP contribution in [0.5, 0.6) is 0 Å². The van der Waals surface area contributed by atoms with E-state index in [9.17, 15) is 0 Å². The van der Waals surface area contributed by atoms with E-state index in [1.807, 2.05) is 0 Å². The molecule has 0 radical (unpaired) electrons. The maximum atomic E-state index is 4.72. The van der Waals surface area contributed by atoms with Gasteiger partial charge in [-0.3, -0.25) is 4.68 Å². The van der Waals surface area contributed by atoms with Gasteiger partial charge in [0.2, 0.25) is 0 Å². The van der Waals surface area contributed by atoms with E-state index in [1.165, 1.54) is 5.56 Å². The van der Waals surface area contributed by atoms with E-state index in [0.29, 0.717) is 12.0 Å². The number of aromatic nitrogens is 2. The molecule has 0 N–H and O–H groups in total. The Morgan fingerprint density at radius 3 is 2.12 bits per heavy atom. The molecule has 0 aliphatic carbocycles. The highest BCUT2D eigenvalue weighted by Gasteiger charge is 2.17. The maximum Gasteiger partial charge on any atom is 0.154 e. The molecule has 16 heavy (non-hydrogen) atoms. The molecule has 0 atom stereocenters. The van der Waals surface area contributed by atoms with Crippen molar-refractivity contribution in [3.63, 3.8) is 0 Å². The van der Waals surface area contributed by atoms with Crippen LogP contribution in [0.15, 0.2) is 6.20 Å². The summed E-state index contributed by atoms with van der Waals surface area (Å²) in [6, 6.07) is 0.432. The van der Waals surface area contributed by atoms with Gasteiger partial charge in [-0.1, -0.05) is 13.8 Å². The average molecular weight is 223 g/mol. The summed E-state index contributed by atoms with van der Waals surface area (Å²) in [5.41, 5.74) is 1.36. The fraction of sp³-hybridized carbons (Fsp3) is 0.769. The average Bonchev–Trinajstić information content (AvgIpc) is 2.64. The van der Waals surface area contributed by atoms with Crippen LogP contribution >= 0.6 is 0 Å². The minimum atomic E-state index is 0.432. The minimum absolute atomic E-state index is 0.432. The summed E-state index contributed by atoms with van der Waals surface area (Å²) in [5, 5.41) is 4.72. The summed E-state index contributed by atoms with van der Waals surface area (Å²) in [6.07, 6.45) is 2.20. The summed E-state index contributed by atoms with van der Waals surface area (Å²) >= 11 is 0. The van der Waals surface area contributed by atoms with Gasteiger partial charge in [0, 0.05) is 30.9 Å². The first-order chi connectivity index (χ1) is 7.51. The topological polar surface area (TPSA) is 21.1 Å². The molecule has 92 valence electrons. The van der Waals surface area contributed by atoms with Crippen molar-refractivity contribution in [2.45, 2.75) is 53.5 Å². The van der Waals surface area contributed by atoms with Crippen molar-refractivity contribution >= 4 is 5.82 Å². The molecule has 0 aliphatic rings. The molecule has 3 nitrogen and oxygen atoms in total. The van der Waals surface area contributed by atoms with Crippen molar-refractivity contribution in [3.05, 3.63) is 11.8 Å². The first-order valence-electron chi connectivity index (χ1n) is 6.35. The largest absolute Gasteiger partial charge is 0.355 e. The van der Waals surface area contributed by atoms with Crippen LogP contribution in [0.25, 0.3) is 0 Å². The normalized spacial score (nSPS) is 11.5. The zero-order valence-electron chi connectivity index (χ0n) is 11.5. The van der Waals surface area contributed by atoms with Crippen LogP contribution in [0, 0.1) is 0 Å². The second kappa shape index (κ2) is 5.37. The zero-order valence-corrected chi connectivity index (χ0v) is 11.5. The summed E-state index contributed by atoms with van der Waals surface area (Å²) in [6.45, 7) is 15.2. The molecular weight excluding hydrogens is 198 g/mol. The van der Waals surface area contributed by atoms with Crippen molar-refractivity contribution < 1.29 is 0 Å². The minimum Gasteiger partial charge on any atom is -0.355 e. The van der Waals surface area contributed by atoms with Gasteiger partial charge in [-0.25, -0.2) is 0 Å². The molecular formula is C13H25N3. The SMILES string of the molecule is CCN(CC)c1nn(C(C)C)cc1C(C)C. The van der Waals surface area contributed by atoms with Crippen LogP contribution in [0.3, 0.4) is 0 Å². The lowest BCUT2D eigenvalue weighted by Gasteiger charge is -2.20. The Morgan fingerprint density at radius 1 is 1.19 bits per heavy atom. The molecule has 1 aromatic heterocycles. The monoisotopic (exact) mass is 223 g/mol. The Hall–Kier alpha value is -0.990. The highest BCUT2D eigenvalue weighted by Crippen LogP contribution is 2.27. The highest BCUT2D eigenvalue weighted by molar-refractivity contribution is 5.47. The van der Waals surface area contributed by atoms with Gasteiger partial charge in [0.1, 0.15) is 0 Å². The quantitative estimate of drug-likeness (QED) is 0.762. The van der Waals surface area contributed by atoms with E-state index in [2.05, 4.69) is 57.3 Å². The number of hydrogen-bond donors (Lipinski definition) is 0. The molecule has 0 amide bonds. The number of hydrogen-bond acceptors (Lipinski definition) is 2. The van der Waals surface area contributed by atoms with Gasteiger partial charge in [-0.2, -0.15) is 5.10 Å². The molecule has 0 bridgehead atoms. The molecule has 0 unspecified atom stereocenters. The molecule has 0 aliphatic heterocycles. The first kappa shape index (κ1) is 13.1. The van der Waals surface area contributed by atoms with Gasteiger partial charge in [-0.15, -0.1) is 0 Å². The lowest BCUT2D eigenvalue weighted by molar-refractivity contribution is 0.530. The van der Waals surface area contributed by atoms with E-state index in [1.54, 1.807) is 0 Å².